The van der Waals surface area contributed by atoms with Crippen LogP contribution in [0.5, 0.6) is 0 Å². The van der Waals surface area contributed by atoms with Crippen LogP contribution < -0.4 is 11.1 Å². The van der Waals surface area contributed by atoms with Crippen molar-refractivity contribution in [1.29, 1.82) is 0 Å². The zero-order valence-electron chi connectivity index (χ0n) is 8.21. The Morgan fingerprint density at radius 3 is 2.80 bits per heavy atom. The van der Waals surface area contributed by atoms with Crippen molar-refractivity contribution in [2.45, 2.75) is 13.3 Å². The number of halogens is 1. The first-order chi connectivity index (χ1) is 7.04. The number of hydrogen-bond donors (Lipinski definition) is 2. The van der Waals surface area contributed by atoms with Crippen molar-refractivity contribution in [3.8, 4) is 0 Å². The Bertz CT molecular complexity index is 406. The van der Waals surface area contributed by atoms with Crippen molar-refractivity contribution in [2.24, 2.45) is 5.73 Å². The van der Waals surface area contributed by atoms with Crippen LogP contribution in [-0.4, -0.2) is 10.9 Å². The Morgan fingerprint density at radius 2 is 2.27 bits per heavy atom. The van der Waals surface area contributed by atoms with E-state index in [-0.39, 0.29) is 10.9 Å². The van der Waals surface area contributed by atoms with E-state index < -0.39 is 5.82 Å². The molecule has 0 aliphatic heterocycles. The maximum Gasteiger partial charge on any atom is 0.224 e. The molecule has 0 fully saturated rings. The molecule has 0 saturated heterocycles. The standard InChI is InChI=1S/C10H11FN2OS/c1-2-9(14)13-8-4-3-6(11)5-7(8)10(12)15/h3-5H,2H2,1H3,(H2,12,15)(H,13,14). The third-order valence-corrected chi connectivity index (χ3v) is 2.06. The number of benzene rings is 1. The van der Waals surface area contributed by atoms with Crippen molar-refractivity contribution in [3.05, 3.63) is 29.6 Å². The zero-order valence-corrected chi connectivity index (χ0v) is 9.03. The fraction of sp³-hybridized carbons (Fsp3) is 0.200. The first-order valence-corrected chi connectivity index (χ1v) is 4.84. The van der Waals surface area contributed by atoms with Crippen LogP contribution >= 0.6 is 12.2 Å². The largest absolute Gasteiger partial charge is 0.389 e. The predicted molar refractivity (Wildman–Crippen MR) is 61.2 cm³/mol. The summed E-state index contributed by atoms with van der Waals surface area (Å²) in [6.07, 6.45) is 0.341. The molecule has 0 spiro atoms. The number of hydrogen-bond acceptors (Lipinski definition) is 2. The highest BCUT2D eigenvalue weighted by Crippen LogP contribution is 2.17. The van der Waals surface area contributed by atoms with Gasteiger partial charge < -0.3 is 11.1 Å². The molecular formula is C10H11FN2OS. The number of nitrogens with one attached hydrogen (secondary N) is 1. The van der Waals surface area contributed by atoms with Gasteiger partial charge in [0.1, 0.15) is 10.8 Å². The quantitative estimate of drug-likeness (QED) is 0.773. The van der Waals surface area contributed by atoms with Gasteiger partial charge in [-0.25, -0.2) is 4.39 Å². The molecule has 15 heavy (non-hydrogen) atoms. The summed E-state index contributed by atoms with van der Waals surface area (Å²) in [4.78, 5) is 11.2. The number of anilines is 1. The first kappa shape index (κ1) is 11.6. The highest BCUT2D eigenvalue weighted by Gasteiger charge is 2.08. The number of carbonyl (C=O) groups excluding carboxylic acids is 1. The van der Waals surface area contributed by atoms with E-state index >= 15 is 0 Å². The SMILES string of the molecule is CCC(=O)Nc1ccc(F)cc1C(N)=S. The minimum absolute atomic E-state index is 0.0564. The zero-order chi connectivity index (χ0) is 11.4. The van der Waals surface area contributed by atoms with Gasteiger partial charge in [-0.3, -0.25) is 4.79 Å². The molecule has 3 N–H and O–H groups in total. The Balaban J connectivity index is 3.06. The smallest absolute Gasteiger partial charge is 0.224 e. The summed E-state index contributed by atoms with van der Waals surface area (Å²) >= 11 is 4.76. The summed E-state index contributed by atoms with van der Waals surface area (Å²) in [6.45, 7) is 1.72. The third-order valence-electron chi connectivity index (χ3n) is 1.84. The average molecular weight is 226 g/mol. The van der Waals surface area contributed by atoms with Crippen LogP contribution in [-0.2, 0) is 4.79 Å². The fourth-order valence-electron chi connectivity index (χ4n) is 1.07. The lowest BCUT2D eigenvalue weighted by atomic mass is 10.1. The molecule has 0 aliphatic rings. The molecule has 0 atom stereocenters. The Labute approximate surface area is 92.5 Å². The fourth-order valence-corrected chi connectivity index (χ4v) is 1.24. The molecule has 5 heteroatoms. The molecule has 1 amide bonds. The summed E-state index contributed by atoms with van der Waals surface area (Å²) in [6, 6.07) is 3.89. The van der Waals surface area contributed by atoms with E-state index in [1.165, 1.54) is 18.2 Å². The van der Waals surface area contributed by atoms with Gasteiger partial charge in [0.25, 0.3) is 0 Å². The van der Waals surface area contributed by atoms with Gasteiger partial charge in [-0.2, -0.15) is 0 Å². The number of rotatable bonds is 3. The first-order valence-electron chi connectivity index (χ1n) is 4.43. The molecular weight excluding hydrogens is 215 g/mol. The number of carbonyl (C=O) groups is 1. The van der Waals surface area contributed by atoms with E-state index in [1.807, 2.05) is 0 Å². The van der Waals surface area contributed by atoms with Crippen molar-refractivity contribution in [2.75, 3.05) is 5.32 Å². The van der Waals surface area contributed by atoms with Crippen molar-refractivity contribution in [1.82, 2.24) is 0 Å². The van der Waals surface area contributed by atoms with Crippen LogP contribution in [0.1, 0.15) is 18.9 Å². The average Bonchev–Trinajstić information content (AvgIpc) is 2.20. The number of amides is 1. The summed E-state index contributed by atoms with van der Waals surface area (Å²) < 4.78 is 12.9. The molecule has 0 aliphatic carbocycles. The molecule has 0 unspecified atom stereocenters. The van der Waals surface area contributed by atoms with Crippen LogP contribution in [0.15, 0.2) is 18.2 Å². The minimum Gasteiger partial charge on any atom is -0.389 e. The van der Waals surface area contributed by atoms with Crippen LogP contribution in [0.25, 0.3) is 0 Å². The van der Waals surface area contributed by atoms with E-state index in [0.717, 1.165) is 0 Å². The molecule has 80 valence electrons. The molecule has 0 bridgehead atoms. The van der Waals surface area contributed by atoms with Crippen molar-refractivity contribution >= 4 is 28.8 Å². The highest BCUT2D eigenvalue weighted by molar-refractivity contribution is 7.80. The van der Waals surface area contributed by atoms with Crippen LogP contribution in [0.3, 0.4) is 0 Å². The van der Waals surface area contributed by atoms with Crippen LogP contribution in [0.2, 0.25) is 0 Å². The van der Waals surface area contributed by atoms with E-state index in [0.29, 0.717) is 17.7 Å². The molecule has 0 radical (unpaired) electrons. The van der Waals surface area contributed by atoms with E-state index in [9.17, 15) is 9.18 Å². The van der Waals surface area contributed by atoms with Gasteiger partial charge in [-0.1, -0.05) is 19.1 Å². The second kappa shape index (κ2) is 4.84. The summed E-state index contributed by atoms with van der Waals surface area (Å²) in [5.74, 6) is -0.605. The van der Waals surface area contributed by atoms with E-state index in [4.69, 9.17) is 18.0 Å². The van der Waals surface area contributed by atoms with E-state index in [1.54, 1.807) is 6.92 Å². The maximum atomic E-state index is 12.9. The van der Waals surface area contributed by atoms with Gasteiger partial charge in [0.15, 0.2) is 0 Å². The Hall–Kier alpha value is -1.49. The summed E-state index contributed by atoms with van der Waals surface area (Å²) in [5.41, 5.74) is 6.19. The topological polar surface area (TPSA) is 55.1 Å². The van der Waals surface area contributed by atoms with Gasteiger partial charge in [0.2, 0.25) is 5.91 Å². The molecule has 0 heterocycles. The lowest BCUT2D eigenvalue weighted by molar-refractivity contribution is -0.115. The van der Waals surface area contributed by atoms with Gasteiger partial charge in [-0.15, -0.1) is 0 Å². The summed E-state index contributed by atoms with van der Waals surface area (Å²) in [5, 5.41) is 2.60. The number of nitrogens with two attached hydrogens (primary N) is 1. The van der Waals surface area contributed by atoms with E-state index in [2.05, 4.69) is 5.32 Å². The molecule has 1 rings (SSSR count). The Kier molecular flexibility index (Phi) is 3.74. The molecule has 1 aromatic carbocycles. The second-order valence-electron chi connectivity index (χ2n) is 2.96. The van der Waals surface area contributed by atoms with Crippen LogP contribution in [0.4, 0.5) is 10.1 Å². The molecule has 3 nitrogen and oxygen atoms in total. The minimum atomic E-state index is -0.438. The lowest BCUT2D eigenvalue weighted by Gasteiger charge is -2.09. The lowest BCUT2D eigenvalue weighted by Crippen LogP contribution is -2.17. The number of thiocarbonyl (C=S) groups is 1. The van der Waals surface area contributed by atoms with Gasteiger partial charge in [-0.05, 0) is 18.2 Å². The second-order valence-corrected chi connectivity index (χ2v) is 3.40. The van der Waals surface area contributed by atoms with Gasteiger partial charge in [0.05, 0.1) is 5.69 Å². The van der Waals surface area contributed by atoms with Crippen molar-refractivity contribution in [3.63, 3.8) is 0 Å². The summed E-state index contributed by atoms with van der Waals surface area (Å²) in [7, 11) is 0. The van der Waals surface area contributed by atoms with Crippen molar-refractivity contribution < 1.29 is 9.18 Å². The maximum absolute atomic E-state index is 12.9. The molecule has 0 saturated carbocycles. The predicted octanol–water partition coefficient (Wildman–Crippen LogP) is 1.81. The molecule has 0 aromatic heterocycles. The highest BCUT2D eigenvalue weighted by atomic mass is 32.1. The molecule has 1 aromatic rings. The Morgan fingerprint density at radius 1 is 1.60 bits per heavy atom. The monoisotopic (exact) mass is 226 g/mol. The third kappa shape index (κ3) is 2.99. The van der Waals surface area contributed by atoms with Crippen LogP contribution in [0, 0.1) is 5.82 Å². The normalized spacial score (nSPS) is 9.73. The van der Waals surface area contributed by atoms with Gasteiger partial charge >= 0.3 is 0 Å². The van der Waals surface area contributed by atoms with Gasteiger partial charge in [0, 0.05) is 12.0 Å².